The molecule has 0 spiro atoms. The second-order valence-corrected chi connectivity index (χ2v) is 4.09. The van der Waals surface area contributed by atoms with E-state index in [1.54, 1.807) is 18.6 Å². The van der Waals surface area contributed by atoms with Crippen LogP contribution in [0.2, 0.25) is 5.02 Å². The first kappa shape index (κ1) is 16.1. The molecule has 0 aliphatic carbocycles. The van der Waals surface area contributed by atoms with Gasteiger partial charge in [0.15, 0.2) is 5.82 Å². The Balaban J connectivity index is 0.000000956. The highest BCUT2D eigenvalue weighted by Crippen LogP contribution is 2.22. The molecule has 2 aromatic rings. The lowest BCUT2D eigenvalue weighted by molar-refractivity contribution is 0.930. The average Bonchev–Trinajstić information content (AvgIpc) is 2.87. The standard InChI is InChI=1S/C13H13ClN4.C2H6/c1-4-6-12-11(5-2)16-8-18(12)13-10(14)7-15-9(3)17-13;1-2/h4-8H,2H2,1,3H3;1-2H3/b6-4-;. The van der Waals surface area contributed by atoms with E-state index in [4.69, 9.17) is 11.6 Å². The van der Waals surface area contributed by atoms with Gasteiger partial charge in [0.1, 0.15) is 17.2 Å². The summed E-state index contributed by atoms with van der Waals surface area (Å²) in [6, 6.07) is 0. The molecule has 0 amide bonds. The summed E-state index contributed by atoms with van der Waals surface area (Å²) in [7, 11) is 0. The van der Waals surface area contributed by atoms with Crippen molar-refractivity contribution >= 4 is 23.8 Å². The van der Waals surface area contributed by atoms with Crippen LogP contribution in [-0.4, -0.2) is 19.5 Å². The average molecular weight is 291 g/mol. The van der Waals surface area contributed by atoms with Crippen LogP contribution in [0, 0.1) is 6.92 Å². The Hall–Kier alpha value is -1.94. The van der Waals surface area contributed by atoms with E-state index in [1.807, 2.05) is 44.4 Å². The molecular weight excluding hydrogens is 272 g/mol. The first-order valence-corrected chi connectivity index (χ1v) is 6.87. The van der Waals surface area contributed by atoms with Crippen molar-refractivity contribution in [3.63, 3.8) is 0 Å². The van der Waals surface area contributed by atoms with Crippen molar-refractivity contribution in [3.05, 3.63) is 47.4 Å². The van der Waals surface area contributed by atoms with Crippen molar-refractivity contribution in [2.45, 2.75) is 27.7 Å². The number of halogens is 1. The molecule has 0 saturated heterocycles. The molecule has 0 aliphatic rings. The van der Waals surface area contributed by atoms with Crippen LogP contribution in [0.15, 0.2) is 25.2 Å². The molecule has 0 bridgehead atoms. The molecule has 106 valence electrons. The second-order valence-electron chi connectivity index (χ2n) is 3.68. The molecule has 0 saturated carbocycles. The van der Waals surface area contributed by atoms with Gasteiger partial charge in [0.25, 0.3) is 0 Å². The van der Waals surface area contributed by atoms with Crippen molar-refractivity contribution in [2.75, 3.05) is 0 Å². The molecular formula is C15H19ClN4. The summed E-state index contributed by atoms with van der Waals surface area (Å²) in [5, 5.41) is 0.486. The summed E-state index contributed by atoms with van der Waals surface area (Å²) in [4.78, 5) is 12.7. The first-order valence-electron chi connectivity index (χ1n) is 6.49. The van der Waals surface area contributed by atoms with Crippen LogP contribution in [0.3, 0.4) is 0 Å². The van der Waals surface area contributed by atoms with Crippen molar-refractivity contribution in [1.82, 2.24) is 19.5 Å². The predicted octanol–water partition coefficient (Wildman–Crippen LogP) is 4.33. The molecule has 0 unspecified atom stereocenters. The van der Waals surface area contributed by atoms with Gasteiger partial charge in [-0.15, -0.1) is 0 Å². The van der Waals surface area contributed by atoms with E-state index >= 15 is 0 Å². The van der Waals surface area contributed by atoms with E-state index in [0.29, 0.717) is 16.7 Å². The summed E-state index contributed by atoms with van der Waals surface area (Å²) in [6.07, 6.45) is 8.85. The number of allylic oxidation sites excluding steroid dienone is 1. The molecule has 2 heterocycles. The van der Waals surface area contributed by atoms with Crippen molar-refractivity contribution in [2.24, 2.45) is 0 Å². The van der Waals surface area contributed by atoms with Gasteiger partial charge in [-0.3, -0.25) is 4.57 Å². The van der Waals surface area contributed by atoms with Crippen molar-refractivity contribution in [1.29, 1.82) is 0 Å². The summed E-state index contributed by atoms with van der Waals surface area (Å²) < 4.78 is 1.83. The van der Waals surface area contributed by atoms with Crippen LogP contribution in [0.25, 0.3) is 18.0 Å². The minimum absolute atomic E-state index is 0.486. The second kappa shape index (κ2) is 7.60. The lowest BCUT2D eigenvalue weighted by Crippen LogP contribution is -2.02. The molecule has 5 heteroatoms. The first-order chi connectivity index (χ1) is 9.67. The third-order valence-corrected chi connectivity index (χ3v) is 2.69. The zero-order valence-corrected chi connectivity index (χ0v) is 13.0. The van der Waals surface area contributed by atoms with Crippen LogP contribution >= 0.6 is 11.6 Å². The summed E-state index contributed by atoms with van der Waals surface area (Å²) in [5.41, 5.74) is 1.69. The normalized spacial score (nSPS) is 10.2. The molecule has 4 nitrogen and oxygen atoms in total. The zero-order chi connectivity index (χ0) is 15.1. The third kappa shape index (κ3) is 3.33. The monoisotopic (exact) mass is 290 g/mol. The highest BCUT2D eigenvalue weighted by Gasteiger charge is 2.12. The maximum Gasteiger partial charge on any atom is 0.160 e. The molecule has 0 atom stereocenters. The van der Waals surface area contributed by atoms with E-state index in [0.717, 1.165) is 11.4 Å². The van der Waals surface area contributed by atoms with E-state index in [2.05, 4.69) is 21.5 Å². The Morgan fingerprint density at radius 3 is 2.60 bits per heavy atom. The van der Waals surface area contributed by atoms with Gasteiger partial charge in [-0.1, -0.05) is 38.1 Å². The third-order valence-electron chi connectivity index (χ3n) is 2.43. The topological polar surface area (TPSA) is 43.6 Å². The summed E-state index contributed by atoms with van der Waals surface area (Å²) in [5.74, 6) is 1.28. The van der Waals surface area contributed by atoms with Crippen LogP contribution in [0.5, 0.6) is 0 Å². The van der Waals surface area contributed by atoms with Gasteiger partial charge in [0, 0.05) is 0 Å². The molecule has 0 N–H and O–H groups in total. The van der Waals surface area contributed by atoms with E-state index in [9.17, 15) is 0 Å². The molecule has 0 aromatic carbocycles. The quantitative estimate of drug-likeness (QED) is 0.845. The number of imidazole rings is 1. The molecule has 0 aliphatic heterocycles. The Kier molecular flexibility index (Phi) is 6.12. The Morgan fingerprint density at radius 2 is 2.00 bits per heavy atom. The highest BCUT2D eigenvalue weighted by atomic mass is 35.5. The molecule has 2 rings (SSSR count). The summed E-state index contributed by atoms with van der Waals surface area (Å²) in [6.45, 7) is 11.5. The number of rotatable bonds is 3. The largest absolute Gasteiger partial charge is 0.282 e. The Labute approximate surface area is 124 Å². The highest BCUT2D eigenvalue weighted by molar-refractivity contribution is 6.32. The fraction of sp³-hybridized carbons (Fsp3) is 0.267. The number of hydrogen-bond donors (Lipinski definition) is 0. The van der Waals surface area contributed by atoms with Crippen LogP contribution in [0.4, 0.5) is 0 Å². The molecule has 0 fully saturated rings. The number of aromatic nitrogens is 4. The van der Waals surface area contributed by atoms with Gasteiger partial charge in [0.05, 0.1) is 17.6 Å². The van der Waals surface area contributed by atoms with Crippen LogP contribution in [0.1, 0.15) is 38.0 Å². The van der Waals surface area contributed by atoms with Crippen molar-refractivity contribution in [3.8, 4) is 5.82 Å². The van der Waals surface area contributed by atoms with Gasteiger partial charge in [0.2, 0.25) is 0 Å². The van der Waals surface area contributed by atoms with Crippen molar-refractivity contribution < 1.29 is 0 Å². The van der Waals surface area contributed by atoms with Gasteiger partial charge in [-0.25, -0.2) is 15.0 Å². The SMILES string of the molecule is C=Cc1ncn(-c2nc(C)ncc2Cl)c1/C=C\C.CC. The van der Waals surface area contributed by atoms with Gasteiger partial charge in [-0.2, -0.15) is 0 Å². The Bertz CT molecular complexity index is 614. The maximum atomic E-state index is 6.13. The lowest BCUT2D eigenvalue weighted by Gasteiger charge is -2.07. The lowest BCUT2D eigenvalue weighted by atomic mass is 10.3. The molecule has 0 radical (unpaired) electrons. The number of nitrogens with zero attached hydrogens (tertiary/aromatic N) is 4. The Morgan fingerprint density at radius 1 is 1.30 bits per heavy atom. The smallest absolute Gasteiger partial charge is 0.160 e. The number of hydrogen-bond acceptors (Lipinski definition) is 3. The van der Waals surface area contributed by atoms with E-state index in [-0.39, 0.29) is 0 Å². The van der Waals surface area contributed by atoms with Gasteiger partial charge < -0.3 is 0 Å². The molecule has 20 heavy (non-hydrogen) atoms. The van der Waals surface area contributed by atoms with Crippen LogP contribution < -0.4 is 0 Å². The predicted molar refractivity (Wildman–Crippen MR) is 85.0 cm³/mol. The van der Waals surface area contributed by atoms with Gasteiger partial charge in [-0.05, 0) is 26.0 Å². The fourth-order valence-electron chi connectivity index (χ4n) is 1.63. The van der Waals surface area contributed by atoms with Crippen LogP contribution in [-0.2, 0) is 0 Å². The van der Waals surface area contributed by atoms with E-state index < -0.39 is 0 Å². The molecule has 2 aromatic heterocycles. The summed E-state index contributed by atoms with van der Waals surface area (Å²) >= 11 is 6.13. The van der Waals surface area contributed by atoms with Gasteiger partial charge >= 0.3 is 0 Å². The maximum absolute atomic E-state index is 6.13. The number of aryl methyl sites for hydroxylation is 1. The fourth-order valence-corrected chi connectivity index (χ4v) is 1.82. The zero-order valence-electron chi connectivity index (χ0n) is 12.3. The van der Waals surface area contributed by atoms with E-state index in [1.165, 1.54) is 0 Å². The minimum atomic E-state index is 0.486. The minimum Gasteiger partial charge on any atom is -0.282 e.